The summed E-state index contributed by atoms with van der Waals surface area (Å²) in [7, 11) is 1.80. The van der Waals surface area contributed by atoms with Gasteiger partial charge in [-0.25, -0.2) is 4.79 Å². The van der Waals surface area contributed by atoms with E-state index in [9.17, 15) is 9.59 Å². The highest BCUT2D eigenvalue weighted by Crippen LogP contribution is 2.16. The second-order valence-corrected chi connectivity index (χ2v) is 4.17. The zero-order chi connectivity index (χ0) is 13.1. The van der Waals surface area contributed by atoms with Crippen molar-refractivity contribution in [2.75, 3.05) is 18.9 Å². The van der Waals surface area contributed by atoms with Crippen LogP contribution in [0.15, 0.2) is 27.4 Å². The number of carbonyl (C=O) groups excluding carboxylic acids is 1. The molecule has 6 heteroatoms. The molecular formula is C12H15N3O3. The minimum atomic E-state index is -0.503. The van der Waals surface area contributed by atoms with Gasteiger partial charge in [0.15, 0.2) is 5.58 Å². The van der Waals surface area contributed by atoms with E-state index in [-0.39, 0.29) is 11.8 Å². The summed E-state index contributed by atoms with van der Waals surface area (Å²) in [5.41, 5.74) is 1.65. The molecule has 2 aromatic rings. The number of H-pyrrole nitrogens is 1. The highest BCUT2D eigenvalue weighted by atomic mass is 16.4. The highest BCUT2D eigenvalue weighted by molar-refractivity contribution is 5.94. The molecule has 0 saturated heterocycles. The van der Waals surface area contributed by atoms with Crippen molar-refractivity contribution in [2.45, 2.75) is 6.92 Å². The predicted molar refractivity (Wildman–Crippen MR) is 68.6 cm³/mol. The first-order valence-electron chi connectivity index (χ1n) is 5.68. The lowest BCUT2D eigenvalue weighted by Gasteiger charge is -2.11. The molecule has 0 aliphatic heterocycles. The zero-order valence-electron chi connectivity index (χ0n) is 10.2. The maximum absolute atomic E-state index is 11.8. The number of carbonyl (C=O) groups is 1. The molecule has 1 heterocycles. The Labute approximate surface area is 103 Å². The van der Waals surface area contributed by atoms with Crippen LogP contribution < -0.4 is 16.4 Å². The second kappa shape index (κ2) is 5.05. The molecule has 6 nitrogen and oxygen atoms in total. The number of nitrogens with one attached hydrogen (secondary N) is 3. The molecule has 0 spiro atoms. The van der Waals surface area contributed by atoms with Gasteiger partial charge in [0, 0.05) is 24.2 Å². The second-order valence-electron chi connectivity index (χ2n) is 4.17. The molecule has 2 rings (SSSR count). The molecule has 0 fully saturated rings. The Hall–Kier alpha value is -2.08. The molecule has 1 aromatic carbocycles. The summed E-state index contributed by atoms with van der Waals surface area (Å²) in [6.45, 7) is 2.44. The van der Waals surface area contributed by atoms with Gasteiger partial charge in [-0.1, -0.05) is 6.92 Å². The number of amides is 1. The van der Waals surface area contributed by atoms with Gasteiger partial charge >= 0.3 is 5.76 Å². The molecule has 3 N–H and O–H groups in total. The molecule has 1 atom stereocenters. The van der Waals surface area contributed by atoms with E-state index < -0.39 is 5.76 Å². The van der Waals surface area contributed by atoms with Crippen molar-refractivity contribution in [3.8, 4) is 0 Å². The first-order chi connectivity index (χ1) is 8.60. The van der Waals surface area contributed by atoms with E-state index in [4.69, 9.17) is 4.42 Å². The van der Waals surface area contributed by atoms with E-state index >= 15 is 0 Å². The lowest BCUT2D eigenvalue weighted by Crippen LogP contribution is -2.28. The summed E-state index contributed by atoms with van der Waals surface area (Å²) in [5.74, 6) is -0.720. The summed E-state index contributed by atoms with van der Waals surface area (Å²) >= 11 is 0. The van der Waals surface area contributed by atoms with Gasteiger partial charge in [-0.2, -0.15) is 0 Å². The standard InChI is InChI=1S/C12H15N3O3/c1-7(6-13-2)11(16)14-8-3-4-9-10(5-8)18-12(17)15-9/h3-5,7,13H,6H2,1-2H3,(H,14,16)(H,15,17). The van der Waals surface area contributed by atoms with Crippen molar-refractivity contribution in [3.05, 3.63) is 28.7 Å². The first-order valence-corrected chi connectivity index (χ1v) is 5.68. The van der Waals surface area contributed by atoms with Gasteiger partial charge in [0.2, 0.25) is 5.91 Å². The predicted octanol–water partition coefficient (Wildman–Crippen LogP) is 0.915. The normalized spacial score (nSPS) is 12.6. The molecule has 1 unspecified atom stereocenters. The van der Waals surface area contributed by atoms with Crippen molar-refractivity contribution in [1.82, 2.24) is 10.3 Å². The summed E-state index contributed by atoms with van der Waals surface area (Å²) in [6, 6.07) is 5.04. The highest BCUT2D eigenvalue weighted by Gasteiger charge is 2.12. The Morgan fingerprint density at radius 2 is 2.28 bits per heavy atom. The van der Waals surface area contributed by atoms with Crippen LogP contribution in [0.5, 0.6) is 0 Å². The summed E-state index contributed by atoms with van der Waals surface area (Å²) in [5, 5.41) is 5.71. The Kier molecular flexibility index (Phi) is 3.47. The molecule has 0 aliphatic rings. The smallest absolute Gasteiger partial charge is 0.408 e. The first kappa shape index (κ1) is 12.4. The van der Waals surface area contributed by atoms with Crippen molar-refractivity contribution in [1.29, 1.82) is 0 Å². The van der Waals surface area contributed by atoms with Gasteiger partial charge in [0.05, 0.1) is 5.52 Å². The van der Waals surface area contributed by atoms with E-state index in [1.807, 2.05) is 6.92 Å². The number of oxazole rings is 1. The molecule has 1 aromatic heterocycles. The fraction of sp³-hybridized carbons (Fsp3) is 0.333. The van der Waals surface area contributed by atoms with Gasteiger partial charge < -0.3 is 15.1 Å². The fourth-order valence-electron chi connectivity index (χ4n) is 1.69. The number of aromatic nitrogens is 1. The molecule has 0 bridgehead atoms. The monoisotopic (exact) mass is 249 g/mol. The van der Waals surface area contributed by atoms with Crippen LogP contribution in [0.25, 0.3) is 11.1 Å². The van der Waals surface area contributed by atoms with Crippen molar-refractivity contribution in [2.24, 2.45) is 5.92 Å². The fourth-order valence-corrected chi connectivity index (χ4v) is 1.69. The van der Waals surface area contributed by atoms with Crippen LogP contribution >= 0.6 is 0 Å². The van der Waals surface area contributed by atoms with Gasteiger partial charge in [0.1, 0.15) is 0 Å². The van der Waals surface area contributed by atoms with Crippen LogP contribution in [-0.2, 0) is 4.79 Å². The maximum atomic E-state index is 11.8. The topological polar surface area (TPSA) is 87.1 Å². The van der Waals surface area contributed by atoms with Crippen LogP contribution in [0.3, 0.4) is 0 Å². The van der Waals surface area contributed by atoms with E-state index in [1.165, 1.54) is 0 Å². The Morgan fingerprint density at radius 1 is 1.50 bits per heavy atom. The van der Waals surface area contributed by atoms with Gasteiger partial charge in [-0.05, 0) is 19.2 Å². The van der Waals surface area contributed by atoms with Gasteiger partial charge in [-0.15, -0.1) is 0 Å². The Bertz CT molecular complexity index is 614. The summed E-state index contributed by atoms with van der Waals surface area (Å²) in [6.07, 6.45) is 0. The molecule has 0 saturated carbocycles. The van der Waals surface area contributed by atoms with Crippen LogP contribution in [0.4, 0.5) is 5.69 Å². The maximum Gasteiger partial charge on any atom is 0.417 e. The quantitative estimate of drug-likeness (QED) is 0.751. The number of benzene rings is 1. The average molecular weight is 249 g/mol. The summed E-state index contributed by atoms with van der Waals surface area (Å²) in [4.78, 5) is 25.3. The van der Waals surface area contributed by atoms with Gasteiger partial charge in [-0.3, -0.25) is 9.78 Å². The van der Waals surface area contributed by atoms with E-state index in [2.05, 4.69) is 15.6 Å². The minimum absolute atomic E-state index is 0.0819. The van der Waals surface area contributed by atoms with Crippen LogP contribution in [0.1, 0.15) is 6.92 Å². The van der Waals surface area contributed by atoms with Crippen LogP contribution in [0.2, 0.25) is 0 Å². The number of fused-ring (bicyclic) bond motifs is 1. The molecule has 1 amide bonds. The molecular weight excluding hydrogens is 234 g/mol. The SMILES string of the molecule is CNCC(C)C(=O)Nc1ccc2[nH]c(=O)oc2c1. The number of hydrogen-bond acceptors (Lipinski definition) is 4. The lowest BCUT2D eigenvalue weighted by atomic mass is 10.1. The molecule has 0 aliphatic carbocycles. The number of hydrogen-bond donors (Lipinski definition) is 3. The Balaban J connectivity index is 2.16. The van der Waals surface area contributed by atoms with Crippen LogP contribution in [0, 0.1) is 5.92 Å². The van der Waals surface area contributed by atoms with Crippen molar-refractivity contribution in [3.63, 3.8) is 0 Å². The molecule has 0 radical (unpaired) electrons. The third kappa shape index (κ3) is 2.60. The summed E-state index contributed by atoms with van der Waals surface area (Å²) < 4.78 is 4.92. The van der Waals surface area contributed by atoms with Crippen molar-refractivity contribution < 1.29 is 9.21 Å². The van der Waals surface area contributed by atoms with E-state index in [0.717, 1.165) is 0 Å². The molecule has 18 heavy (non-hydrogen) atoms. The van der Waals surface area contributed by atoms with Gasteiger partial charge in [0.25, 0.3) is 0 Å². The van der Waals surface area contributed by atoms with Crippen molar-refractivity contribution >= 4 is 22.7 Å². The number of anilines is 1. The third-order valence-corrected chi connectivity index (χ3v) is 2.65. The Morgan fingerprint density at radius 3 is 3.00 bits per heavy atom. The number of aromatic amines is 1. The minimum Gasteiger partial charge on any atom is -0.408 e. The van der Waals surface area contributed by atoms with Crippen LogP contribution in [-0.4, -0.2) is 24.5 Å². The zero-order valence-corrected chi connectivity index (χ0v) is 10.2. The van der Waals surface area contributed by atoms with E-state index in [0.29, 0.717) is 23.3 Å². The lowest BCUT2D eigenvalue weighted by molar-refractivity contribution is -0.119. The number of rotatable bonds is 4. The largest absolute Gasteiger partial charge is 0.417 e. The van der Waals surface area contributed by atoms with E-state index in [1.54, 1.807) is 25.2 Å². The third-order valence-electron chi connectivity index (χ3n) is 2.65. The average Bonchev–Trinajstić information content (AvgIpc) is 2.68. The molecule has 96 valence electrons.